The first-order chi connectivity index (χ1) is 11.8. The second-order valence-corrected chi connectivity index (χ2v) is 8.32. The second-order valence-electron chi connectivity index (χ2n) is 5.15. The van der Waals surface area contributed by atoms with Crippen LogP contribution in [0.25, 0.3) is 0 Å². The van der Waals surface area contributed by atoms with Crippen molar-refractivity contribution in [1.29, 1.82) is 0 Å². The lowest BCUT2D eigenvalue weighted by atomic mass is 10.3. The van der Waals surface area contributed by atoms with Crippen LogP contribution in [0.5, 0.6) is 5.75 Å². The number of nitrogens with one attached hydrogen (secondary N) is 1. The van der Waals surface area contributed by atoms with Gasteiger partial charge in [0.25, 0.3) is 5.91 Å². The number of rotatable bonds is 7. The molecule has 0 unspecified atom stereocenters. The fourth-order valence-electron chi connectivity index (χ4n) is 2.31. The molecule has 136 valence electrons. The average Bonchev–Trinajstić information content (AvgIpc) is 3.02. The van der Waals surface area contributed by atoms with Crippen LogP contribution >= 0.6 is 11.3 Å². The minimum absolute atomic E-state index is 0.104. The van der Waals surface area contributed by atoms with E-state index in [4.69, 9.17) is 4.74 Å². The largest absolute Gasteiger partial charge is 0.495 e. The third kappa shape index (κ3) is 4.17. The molecule has 0 spiro atoms. The van der Waals surface area contributed by atoms with Crippen LogP contribution in [-0.4, -0.2) is 43.8 Å². The number of hydrogen-bond donors (Lipinski definition) is 1. The third-order valence-corrected chi connectivity index (χ3v) is 6.56. The molecule has 0 aliphatic heterocycles. The molecule has 7 nitrogen and oxygen atoms in total. The van der Waals surface area contributed by atoms with Crippen LogP contribution in [-0.2, 0) is 10.0 Å². The van der Waals surface area contributed by atoms with Crippen molar-refractivity contribution in [1.82, 2.24) is 9.29 Å². The molecule has 2 aromatic rings. The Hall–Kier alpha value is -1.97. The summed E-state index contributed by atoms with van der Waals surface area (Å²) in [6.45, 7) is 6.09. The Morgan fingerprint density at radius 2 is 2.00 bits per heavy atom. The Labute approximate surface area is 151 Å². The highest BCUT2D eigenvalue weighted by atomic mass is 32.2. The van der Waals surface area contributed by atoms with Crippen LogP contribution in [0.1, 0.15) is 28.5 Å². The van der Waals surface area contributed by atoms with E-state index in [2.05, 4.69) is 10.3 Å². The maximum atomic E-state index is 12.7. The Morgan fingerprint density at radius 3 is 2.52 bits per heavy atom. The van der Waals surface area contributed by atoms with E-state index in [0.717, 1.165) is 5.01 Å². The molecule has 0 saturated heterocycles. The normalized spacial score (nSPS) is 11.6. The van der Waals surface area contributed by atoms with Crippen LogP contribution in [0.2, 0.25) is 0 Å². The second kappa shape index (κ2) is 7.94. The smallest absolute Gasteiger partial charge is 0.267 e. The van der Waals surface area contributed by atoms with Crippen molar-refractivity contribution in [2.75, 3.05) is 25.5 Å². The molecule has 25 heavy (non-hydrogen) atoms. The summed E-state index contributed by atoms with van der Waals surface area (Å²) in [6, 6.07) is 4.42. The number of anilines is 1. The number of carbonyl (C=O) groups excluding carboxylic acids is 1. The third-order valence-electron chi connectivity index (χ3n) is 3.61. The van der Waals surface area contributed by atoms with E-state index in [0.29, 0.717) is 29.4 Å². The lowest BCUT2D eigenvalue weighted by molar-refractivity contribution is 0.103. The number of sulfonamides is 1. The zero-order valence-electron chi connectivity index (χ0n) is 14.6. The van der Waals surface area contributed by atoms with Gasteiger partial charge in [-0.2, -0.15) is 4.31 Å². The van der Waals surface area contributed by atoms with Crippen molar-refractivity contribution >= 4 is 33.0 Å². The maximum Gasteiger partial charge on any atom is 0.267 e. The summed E-state index contributed by atoms with van der Waals surface area (Å²) in [6.07, 6.45) is 1.48. The standard InChI is InChI=1S/C16H21N3O4S2/c1-5-19(6-2)25(21,22)12-7-8-14(23-4)13(9-12)18-16(20)15-10-17-11(3)24-15/h7-10H,5-6H2,1-4H3,(H,18,20). The van der Waals surface area contributed by atoms with Gasteiger partial charge < -0.3 is 10.1 Å². The number of carbonyl (C=O) groups is 1. The molecule has 1 N–H and O–H groups in total. The highest BCUT2D eigenvalue weighted by Gasteiger charge is 2.23. The van der Waals surface area contributed by atoms with Gasteiger partial charge in [0.15, 0.2) is 0 Å². The first-order valence-electron chi connectivity index (χ1n) is 7.75. The maximum absolute atomic E-state index is 12.7. The van der Waals surface area contributed by atoms with Gasteiger partial charge in [-0.3, -0.25) is 4.79 Å². The first kappa shape index (κ1) is 19.4. The number of thiazole rings is 1. The zero-order chi connectivity index (χ0) is 18.6. The van der Waals surface area contributed by atoms with Crippen LogP contribution in [0.15, 0.2) is 29.3 Å². The quantitative estimate of drug-likeness (QED) is 0.794. The molecule has 0 aliphatic rings. The number of benzene rings is 1. The van der Waals surface area contributed by atoms with Crippen molar-refractivity contribution in [3.8, 4) is 5.75 Å². The molecule has 1 amide bonds. The van der Waals surface area contributed by atoms with Gasteiger partial charge in [0.2, 0.25) is 10.0 Å². The van der Waals surface area contributed by atoms with E-state index in [-0.39, 0.29) is 10.8 Å². The van der Waals surface area contributed by atoms with Gasteiger partial charge in [0.1, 0.15) is 10.6 Å². The number of aryl methyl sites for hydroxylation is 1. The van der Waals surface area contributed by atoms with Crippen LogP contribution < -0.4 is 10.1 Å². The lowest BCUT2D eigenvalue weighted by Crippen LogP contribution is -2.30. The molecule has 9 heteroatoms. The summed E-state index contributed by atoms with van der Waals surface area (Å²) in [5, 5.41) is 3.48. The molecular formula is C16H21N3O4S2. The number of methoxy groups -OCH3 is 1. The summed E-state index contributed by atoms with van der Waals surface area (Å²) < 4.78 is 31.9. The van der Waals surface area contributed by atoms with Gasteiger partial charge >= 0.3 is 0 Å². The number of amides is 1. The summed E-state index contributed by atoms with van der Waals surface area (Å²) in [5.74, 6) is 0.0226. The highest BCUT2D eigenvalue weighted by molar-refractivity contribution is 7.89. The van der Waals surface area contributed by atoms with Crippen molar-refractivity contribution in [2.24, 2.45) is 0 Å². The van der Waals surface area contributed by atoms with E-state index in [1.807, 2.05) is 0 Å². The zero-order valence-corrected chi connectivity index (χ0v) is 16.2. The molecule has 0 bridgehead atoms. The van der Waals surface area contributed by atoms with Gasteiger partial charge in [0, 0.05) is 13.1 Å². The van der Waals surface area contributed by atoms with Crippen molar-refractivity contribution in [3.05, 3.63) is 34.3 Å². The Balaban J connectivity index is 2.39. The van der Waals surface area contributed by atoms with E-state index in [1.165, 1.54) is 47.1 Å². The van der Waals surface area contributed by atoms with Crippen LogP contribution in [0.4, 0.5) is 5.69 Å². The summed E-state index contributed by atoms with van der Waals surface area (Å²) in [5.41, 5.74) is 0.298. The SMILES string of the molecule is CCN(CC)S(=O)(=O)c1ccc(OC)c(NC(=O)c2cnc(C)s2)c1. The van der Waals surface area contributed by atoms with Crippen LogP contribution in [0.3, 0.4) is 0 Å². The Morgan fingerprint density at radius 1 is 1.32 bits per heavy atom. The average molecular weight is 383 g/mol. The minimum atomic E-state index is -3.63. The molecule has 0 atom stereocenters. The molecule has 1 aromatic heterocycles. The van der Waals surface area contributed by atoms with E-state index in [1.54, 1.807) is 20.8 Å². The fourth-order valence-corrected chi connectivity index (χ4v) is 4.47. The molecular weight excluding hydrogens is 362 g/mol. The number of aromatic nitrogens is 1. The number of ether oxygens (including phenoxy) is 1. The monoisotopic (exact) mass is 383 g/mol. The summed E-state index contributed by atoms with van der Waals surface area (Å²) in [7, 11) is -2.17. The highest BCUT2D eigenvalue weighted by Crippen LogP contribution is 2.29. The molecule has 0 aliphatic carbocycles. The van der Waals surface area contributed by atoms with Gasteiger partial charge in [-0.15, -0.1) is 11.3 Å². The molecule has 1 aromatic carbocycles. The molecule has 0 radical (unpaired) electrons. The van der Waals surface area contributed by atoms with Gasteiger partial charge in [-0.25, -0.2) is 13.4 Å². The van der Waals surface area contributed by atoms with E-state index < -0.39 is 10.0 Å². The van der Waals surface area contributed by atoms with Gasteiger partial charge in [-0.05, 0) is 25.1 Å². The number of hydrogen-bond acceptors (Lipinski definition) is 6. The summed E-state index contributed by atoms with van der Waals surface area (Å²) >= 11 is 1.26. The van der Waals surface area contributed by atoms with Crippen LogP contribution in [0, 0.1) is 6.92 Å². The molecule has 1 heterocycles. The van der Waals surface area contributed by atoms with Crippen molar-refractivity contribution in [3.63, 3.8) is 0 Å². The van der Waals surface area contributed by atoms with E-state index >= 15 is 0 Å². The van der Waals surface area contributed by atoms with Crippen molar-refractivity contribution in [2.45, 2.75) is 25.7 Å². The molecule has 2 rings (SSSR count). The predicted molar refractivity (Wildman–Crippen MR) is 97.9 cm³/mol. The predicted octanol–water partition coefficient (Wildman–Crippen LogP) is 2.74. The van der Waals surface area contributed by atoms with Gasteiger partial charge in [0.05, 0.1) is 28.9 Å². The van der Waals surface area contributed by atoms with Crippen molar-refractivity contribution < 1.29 is 17.9 Å². The lowest BCUT2D eigenvalue weighted by Gasteiger charge is -2.19. The van der Waals surface area contributed by atoms with Gasteiger partial charge in [-0.1, -0.05) is 13.8 Å². The first-order valence-corrected chi connectivity index (χ1v) is 10.0. The molecule has 0 fully saturated rings. The minimum Gasteiger partial charge on any atom is -0.495 e. The Kier molecular flexibility index (Phi) is 6.15. The van der Waals surface area contributed by atoms with E-state index in [9.17, 15) is 13.2 Å². The number of nitrogens with zero attached hydrogens (tertiary/aromatic N) is 2. The summed E-state index contributed by atoms with van der Waals surface area (Å²) in [4.78, 5) is 16.9. The molecule has 0 saturated carbocycles. The fraction of sp³-hybridized carbons (Fsp3) is 0.375. The Bertz CT molecular complexity index is 858. The topological polar surface area (TPSA) is 88.6 Å².